The van der Waals surface area contributed by atoms with Crippen LogP contribution in [0.25, 0.3) is 16.8 Å². The number of aryl methyl sites for hydroxylation is 1. The standard InChI is InChI=1S/C27H25Cl2N3O2/c1-15(2)27-30-11-10-22(32-27)18-8-9-21(28)20(13-18)24-16(3)12-23(25(29)26(24)33)34-14-19-7-5-6-17(4)31-19/h5-13,15,25H,14H2,1-4H3. The van der Waals surface area contributed by atoms with Crippen molar-refractivity contribution >= 4 is 34.6 Å². The van der Waals surface area contributed by atoms with Crippen LogP contribution in [0.5, 0.6) is 0 Å². The molecule has 0 aliphatic heterocycles. The Balaban J connectivity index is 1.68. The van der Waals surface area contributed by atoms with Gasteiger partial charge >= 0.3 is 0 Å². The third kappa shape index (κ3) is 5.06. The number of benzene rings is 1. The zero-order valence-electron chi connectivity index (χ0n) is 19.5. The van der Waals surface area contributed by atoms with Crippen molar-refractivity contribution in [3.05, 3.63) is 93.9 Å². The predicted molar refractivity (Wildman–Crippen MR) is 136 cm³/mol. The minimum Gasteiger partial charge on any atom is -0.490 e. The number of hydrogen-bond acceptors (Lipinski definition) is 5. The fourth-order valence-electron chi connectivity index (χ4n) is 3.80. The minimum absolute atomic E-state index is 0.201. The van der Waals surface area contributed by atoms with Crippen LogP contribution in [0.4, 0.5) is 0 Å². The van der Waals surface area contributed by atoms with Gasteiger partial charge in [0.25, 0.3) is 0 Å². The van der Waals surface area contributed by atoms with Gasteiger partial charge in [-0.15, -0.1) is 11.6 Å². The Bertz CT molecular complexity index is 1310. The van der Waals surface area contributed by atoms with Crippen molar-refractivity contribution in [2.24, 2.45) is 0 Å². The molecule has 3 aromatic rings. The summed E-state index contributed by atoms with van der Waals surface area (Å²) in [4.78, 5) is 26.8. The SMILES string of the molecule is CC1=C(c2cc(-c3ccnc(C(C)C)n3)ccc2Cl)C(=O)C(Cl)C(OCc2cccc(C)n2)=C1. The number of aromatic nitrogens is 3. The zero-order valence-corrected chi connectivity index (χ0v) is 21.0. The van der Waals surface area contributed by atoms with Gasteiger partial charge in [0.15, 0.2) is 11.2 Å². The van der Waals surface area contributed by atoms with Gasteiger partial charge in [-0.05, 0) is 55.8 Å². The summed E-state index contributed by atoms with van der Waals surface area (Å²) in [6.45, 7) is 8.09. The van der Waals surface area contributed by atoms with Crippen molar-refractivity contribution in [2.75, 3.05) is 0 Å². The first-order chi connectivity index (χ1) is 16.2. The molecule has 0 saturated carbocycles. The molecule has 0 amide bonds. The highest BCUT2D eigenvalue weighted by Crippen LogP contribution is 2.37. The lowest BCUT2D eigenvalue weighted by molar-refractivity contribution is -0.113. The molecule has 0 fully saturated rings. The number of Topliss-reactive ketones (excluding diaryl/α,β-unsaturated/α-hetero) is 1. The summed E-state index contributed by atoms with van der Waals surface area (Å²) in [7, 11) is 0. The molecule has 0 bridgehead atoms. The van der Waals surface area contributed by atoms with Gasteiger partial charge in [0.05, 0.1) is 11.4 Å². The molecule has 7 heteroatoms. The van der Waals surface area contributed by atoms with Crippen molar-refractivity contribution in [3.8, 4) is 11.3 Å². The Morgan fingerprint density at radius 2 is 1.88 bits per heavy atom. The van der Waals surface area contributed by atoms with Crippen LogP contribution < -0.4 is 0 Å². The molecule has 1 aliphatic carbocycles. The number of halogens is 2. The average molecular weight is 494 g/mol. The highest BCUT2D eigenvalue weighted by molar-refractivity contribution is 6.45. The maximum atomic E-state index is 13.3. The van der Waals surface area contributed by atoms with E-state index in [0.29, 0.717) is 21.9 Å². The lowest BCUT2D eigenvalue weighted by atomic mass is 9.89. The Morgan fingerprint density at radius 3 is 2.62 bits per heavy atom. The van der Waals surface area contributed by atoms with E-state index in [4.69, 9.17) is 27.9 Å². The first-order valence-electron chi connectivity index (χ1n) is 11.0. The second kappa shape index (κ2) is 10.1. The third-order valence-electron chi connectivity index (χ3n) is 5.53. The van der Waals surface area contributed by atoms with Gasteiger partial charge in [0.2, 0.25) is 0 Å². The quantitative estimate of drug-likeness (QED) is 0.358. The monoisotopic (exact) mass is 493 g/mol. The van der Waals surface area contributed by atoms with E-state index in [-0.39, 0.29) is 18.3 Å². The van der Waals surface area contributed by atoms with Gasteiger partial charge in [0.1, 0.15) is 18.2 Å². The first kappa shape index (κ1) is 24.1. The van der Waals surface area contributed by atoms with Crippen LogP contribution in [0.2, 0.25) is 5.02 Å². The van der Waals surface area contributed by atoms with Gasteiger partial charge in [-0.2, -0.15) is 0 Å². The van der Waals surface area contributed by atoms with Gasteiger partial charge in [0, 0.05) is 39.5 Å². The summed E-state index contributed by atoms with van der Waals surface area (Å²) >= 11 is 13.1. The minimum atomic E-state index is -0.949. The molecule has 1 aromatic carbocycles. The normalized spacial score (nSPS) is 16.1. The largest absolute Gasteiger partial charge is 0.490 e. The van der Waals surface area contributed by atoms with E-state index in [1.54, 1.807) is 18.3 Å². The second-order valence-electron chi connectivity index (χ2n) is 8.54. The molecule has 2 heterocycles. The molecule has 0 radical (unpaired) electrons. The van der Waals surface area contributed by atoms with E-state index in [9.17, 15) is 4.79 Å². The van der Waals surface area contributed by atoms with Crippen LogP contribution in [0, 0.1) is 6.92 Å². The number of alkyl halides is 1. The number of carbonyl (C=O) groups excluding carboxylic acids is 1. The zero-order chi connectivity index (χ0) is 24.4. The molecular formula is C27H25Cl2N3O2. The van der Waals surface area contributed by atoms with Crippen LogP contribution in [0.1, 0.15) is 49.5 Å². The smallest absolute Gasteiger partial charge is 0.189 e. The second-order valence-corrected chi connectivity index (χ2v) is 9.38. The predicted octanol–water partition coefficient (Wildman–Crippen LogP) is 6.69. The summed E-state index contributed by atoms with van der Waals surface area (Å²) in [5.41, 5.74) is 5.11. The molecule has 34 heavy (non-hydrogen) atoms. The molecule has 1 aliphatic rings. The maximum absolute atomic E-state index is 13.3. The first-order valence-corrected chi connectivity index (χ1v) is 11.9. The summed E-state index contributed by atoms with van der Waals surface area (Å²) in [5.74, 6) is 1.11. The fraction of sp³-hybridized carbons (Fsp3) is 0.259. The van der Waals surface area contributed by atoms with E-state index in [1.807, 2.05) is 64.1 Å². The topological polar surface area (TPSA) is 65.0 Å². The van der Waals surface area contributed by atoms with E-state index in [0.717, 1.165) is 34.0 Å². The third-order valence-corrected chi connectivity index (χ3v) is 6.28. The number of carbonyl (C=O) groups is 1. The Hall–Kier alpha value is -3.02. The Morgan fingerprint density at radius 1 is 1.09 bits per heavy atom. The molecule has 174 valence electrons. The molecule has 1 unspecified atom stereocenters. The number of pyridine rings is 1. The Labute approximate surface area is 209 Å². The fourth-order valence-corrected chi connectivity index (χ4v) is 4.24. The van der Waals surface area contributed by atoms with Crippen molar-refractivity contribution < 1.29 is 9.53 Å². The number of allylic oxidation sites excluding steroid dienone is 4. The van der Waals surface area contributed by atoms with Crippen molar-refractivity contribution in [2.45, 2.75) is 45.6 Å². The number of nitrogens with zero attached hydrogens (tertiary/aromatic N) is 3. The maximum Gasteiger partial charge on any atom is 0.189 e. The lowest BCUT2D eigenvalue weighted by Crippen LogP contribution is -2.24. The summed E-state index contributed by atoms with van der Waals surface area (Å²) in [6, 6.07) is 13.1. The van der Waals surface area contributed by atoms with Crippen LogP contribution in [0.3, 0.4) is 0 Å². The number of ketones is 1. The summed E-state index contributed by atoms with van der Waals surface area (Å²) in [5, 5.41) is -0.481. The summed E-state index contributed by atoms with van der Waals surface area (Å²) in [6.07, 6.45) is 3.54. The molecule has 2 aromatic heterocycles. The molecule has 0 N–H and O–H groups in total. The highest BCUT2D eigenvalue weighted by atomic mass is 35.5. The molecular weight excluding hydrogens is 469 g/mol. The number of hydrogen-bond donors (Lipinski definition) is 0. The van der Waals surface area contributed by atoms with E-state index in [1.165, 1.54) is 0 Å². The van der Waals surface area contributed by atoms with Gasteiger partial charge < -0.3 is 4.74 Å². The Kier molecular flexibility index (Phi) is 7.15. The molecule has 4 rings (SSSR count). The van der Waals surface area contributed by atoms with Crippen molar-refractivity contribution in [1.82, 2.24) is 15.0 Å². The van der Waals surface area contributed by atoms with Crippen LogP contribution >= 0.6 is 23.2 Å². The van der Waals surface area contributed by atoms with Gasteiger partial charge in [-0.25, -0.2) is 9.97 Å². The molecule has 0 spiro atoms. The van der Waals surface area contributed by atoms with Crippen LogP contribution in [-0.2, 0) is 16.1 Å². The van der Waals surface area contributed by atoms with Gasteiger partial charge in [-0.1, -0.05) is 37.6 Å². The van der Waals surface area contributed by atoms with E-state index in [2.05, 4.69) is 15.0 Å². The van der Waals surface area contributed by atoms with E-state index >= 15 is 0 Å². The average Bonchev–Trinajstić information content (AvgIpc) is 2.82. The number of rotatable bonds is 6. The highest BCUT2D eigenvalue weighted by Gasteiger charge is 2.32. The van der Waals surface area contributed by atoms with Crippen molar-refractivity contribution in [1.29, 1.82) is 0 Å². The van der Waals surface area contributed by atoms with Crippen LogP contribution in [-0.4, -0.2) is 26.1 Å². The summed E-state index contributed by atoms with van der Waals surface area (Å²) < 4.78 is 5.88. The van der Waals surface area contributed by atoms with Crippen molar-refractivity contribution in [3.63, 3.8) is 0 Å². The molecule has 0 saturated heterocycles. The lowest BCUT2D eigenvalue weighted by Gasteiger charge is -2.23. The number of ether oxygens (including phenoxy) is 1. The van der Waals surface area contributed by atoms with Crippen LogP contribution in [0.15, 0.2) is 66.1 Å². The molecule has 5 nitrogen and oxygen atoms in total. The van der Waals surface area contributed by atoms with Gasteiger partial charge in [-0.3, -0.25) is 9.78 Å². The molecule has 1 atom stereocenters. The van der Waals surface area contributed by atoms with E-state index < -0.39 is 5.38 Å².